The van der Waals surface area contributed by atoms with E-state index in [1.54, 1.807) is 42.5 Å². The second-order valence-corrected chi connectivity index (χ2v) is 5.57. The number of nitrogens with one attached hydrogen (secondary N) is 3. The highest BCUT2D eigenvalue weighted by atomic mass is 35.5. The van der Waals surface area contributed by atoms with Crippen LogP contribution in [0.2, 0.25) is 10.0 Å². The van der Waals surface area contributed by atoms with Gasteiger partial charge in [0.15, 0.2) is 0 Å². The van der Waals surface area contributed by atoms with Gasteiger partial charge in [0.25, 0.3) is 0 Å². The van der Waals surface area contributed by atoms with E-state index in [1.807, 2.05) is 0 Å². The van der Waals surface area contributed by atoms with E-state index in [4.69, 9.17) is 23.2 Å². The van der Waals surface area contributed by atoms with Crippen molar-refractivity contribution in [3.05, 3.63) is 52.5 Å². The third-order valence-corrected chi connectivity index (χ3v) is 3.49. The van der Waals surface area contributed by atoms with Gasteiger partial charge in [0.05, 0.1) is 22.3 Å². The molecule has 0 aliphatic rings. The largest absolute Gasteiger partial charge is 0.374 e. The number of carbonyl (C=O) groups is 2. The van der Waals surface area contributed by atoms with E-state index in [1.165, 1.54) is 6.92 Å². The monoisotopic (exact) mass is 351 g/mol. The molecule has 120 valence electrons. The quantitative estimate of drug-likeness (QED) is 0.762. The standard InChI is InChI=1S/C16H15Cl2N3O2/c1-10(22)20-11-4-2-5-12(8-11)21-15(23)9-19-16-13(17)6-3-7-14(16)18/h2-8,19H,9H2,1H3,(H,20,22)(H,21,23). The van der Waals surface area contributed by atoms with Gasteiger partial charge in [-0.3, -0.25) is 9.59 Å². The predicted octanol–water partition coefficient (Wildman–Crippen LogP) is 4.00. The lowest BCUT2D eigenvalue weighted by Crippen LogP contribution is -2.22. The molecule has 0 saturated carbocycles. The molecule has 0 bridgehead atoms. The molecule has 0 aliphatic heterocycles. The topological polar surface area (TPSA) is 70.2 Å². The van der Waals surface area contributed by atoms with Crippen molar-refractivity contribution in [2.24, 2.45) is 0 Å². The molecule has 0 aromatic heterocycles. The van der Waals surface area contributed by atoms with Gasteiger partial charge >= 0.3 is 0 Å². The molecule has 7 heteroatoms. The summed E-state index contributed by atoms with van der Waals surface area (Å²) in [7, 11) is 0. The first kappa shape index (κ1) is 17.1. The number of carbonyl (C=O) groups excluding carboxylic acids is 2. The summed E-state index contributed by atoms with van der Waals surface area (Å²) in [5.41, 5.74) is 1.70. The average Bonchev–Trinajstić information content (AvgIpc) is 2.46. The average molecular weight is 352 g/mol. The summed E-state index contributed by atoms with van der Waals surface area (Å²) < 4.78 is 0. The third kappa shape index (κ3) is 5.16. The highest BCUT2D eigenvalue weighted by Gasteiger charge is 2.08. The molecule has 3 N–H and O–H groups in total. The van der Waals surface area contributed by atoms with Crippen molar-refractivity contribution < 1.29 is 9.59 Å². The van der Waals surface area contributed by atoms with Gasteiger partial charge in [-0.25, -0.2) is 0 Å². The van der Waals surface area contributed by atoms with Gasteiger partial charge in [0, 0.05) is 18.3 Å². The summed E-state index contributed by atoms with van der Waals surface area (Å²) in [6, 6.07) is 12.0. The number of anilines is 3. The smallest absolute Gasteiger partial charge is 0.243 e. The molecule has 2 amide bonds. The zero-order valence-corrected chi connectivity index (χ0v) is 13.8. The summed E-state index contributed by atoms with van der Waals surface area (Å²) in [6.45, 7) is 1.43. The lowest BCUT2D eigenvalue weighted by Gasteiger charge is -2.11. The van der Waals surface area contributed by atoms with Crippen molar-refractivity contribution in [3.8, 4) is 0 Å². The Balaban J connectivity index is 1.96. The second-order valence-electron chi connectivity index (χ2n) is 4.76. The second kappa shape index (κ2) is 7.85. The van der Waals surface area contributed by atoms with Gasteiger partial charge < -0.3 is 16.0 Å². The summed E-state index contributed by atoms with van der Waals surface area (Å²) in [4.78, 5) is 23.0. The number of halogens is 2. The fraction of sp³-hybridized carbons (Fsp3) is 0.125. The van der Waals surface area contributed by atoms with E-state index < -0.39 is 0 Å². The fourth-order valence-electron chi connectivity index (χ4n) is 1.92. The van der Waals surface area contributed by atoms with Crippen LogP contribution in [-0.4, -0.2) is 18.4 Å². The van der Waals surface area contributed by atoms with Crippen molar-refractivity contribution in [2.45, 2.75) is 6.92 Å². The molecule has 0 radical (unpaired) electrons. The molecular weight excluding hydrogens is 337 g/mol. The summed E-state index contributed by atoms with van der Waals surface area (Å²) >= 11 is 12.0. The first-order valence-electron chi connectivity index (χ1n) is 6.81. The molecule has 0 aliphatic carbocycles. The van der Waals surface area contributed by atoms with Crippen LogP contribution in [0.25, 0.3) is 0 Å². The fourth-order valence-corrected chi connectivity index (χ4v) is 2.45. The van der Waals surface area contributed by atoms with E-state index >= 15 is 0 Å². The van der Waals surface area contributed by atoms with Crippen LogP contribution in [0.4, 0.5) is 17.1 Å². The minimum absolute atomic E-state index is 0.00776. The molecule has 2 rings (SSSR count). The molecule has 0 atom stereocenters. The zero-order valence-electron chi connectivity index (χ0n) is 12.3. The van der Waals surface area contributed by atoms with Crippen molar-refractivity contribution in [1.29, 1.82) is 0 Å². The lowest BCUT2D eigenvalue weighted by atomic mass is 10.2. The van der Waals surface area contributed by atoms with Crippen LogP contribution < -0.4 is 16.0 Å². The predicted molar refractivity (Wildman–Crippen MR) is 94.3 cm³/mol. The highest BCUT2D eigenvalue weighted by Crippen LogP contribution is 2.29. The van der Waals surface area contributed by atoms with E-state index in [2.05, 4.69) is 16.0 Å². The SMILES string of the molecule is CC(=O)Nc1cccc(NC(=O)CNc2c(Cl)cccc2Cl)c1. The first-order valence-corrected chi connectivity index (χ1v) is 7.56. The van der Waals surface area contributed by atoms with E-state index in [0.29, 0.717) is 27.1 Å². The van der Waals surface area contributed by atoms with Crippen LogP contribution in [0.15, 0.2) is 42.5 Å². The molecule has 2 aromatic rings. The Morgan fingerprint density at radius 2 is 1.52 bits per heavy atom. The van der Waals surface area contributed by atoms with Crippen LogP contribution in [0.1, 0.15) is 6.92 Å². The van der Waals surface area contributed by atoms with Gasteiger partial charge in [0.2, 0.25) is 11.8 Å². The number of hydrogen-bond acceptors (Lipinski definition) is 3. The van der Waals surface area contributed by atoms with Gasteiger partial charge in [-0.05, 0) is 30.3 Å². The zero-order chi connectivity index (χ0) is 16.8. The summed E-state index contributed by atoms with van der Waals surface area (Å²) in [6.07, 6.45) is 0. The van der Waals surface area contributed by atoms with Crippen molar-refractivity contribution in [1.82, 2.24) is 0 Å². The van der Waals surface area contributed by atoms with Gasteiger partial charge in [0.1, 0.15) is 0 Å². The molecule has 0 heterocycles. The van der Waals surface area contributed by atoms with E-state index in [9.17, 15) is 9.59 Å². The molecule has 0 unspecified atom stereocenters. The third-order valence-electron chi connectivity index (χ3n) is 2.86. The Hall–Kier alpha value is -2.24. The normalized spacial score (nSPS) is 10.0. The Morgan fingerprint density at radius 1 is 0.957 bits per heavy atom. The Bertz CT molecular complexity index is 715. The van der Waals surface area contributed by atoms with Crippen LogP contribution in [0.5, 0.6) is 0 Å². The maximum atomic E-state index is 12.0. The number of amides is 2. The Morgan fingerprint density at radius 3 is 2.13 bits per heavy atom. The molecule has 0 spiro atoms. The minimum Gasteiger partial charge on any atom is -0.374 e. The van der Waals surface area contributed by atoms with Gasteiger partial charge in [-0.1, -0.05) is 35.3 Å². The Kier molecular flexibility index (Phi) is 5.84. The van der Waals surface area contributed by atoms with Crippen LogP contribution in [-0.2, 0) is 9.59 Å². The van der Waals surface area contributed by atoms with Gasteiger partial charge in [-0.15, -0.1) is 0 Å². The number of rotatable bonds is 5. The number of hydrogen-bond donors (Lipinski definition) is 3. The first-order chi connectivity index (χ1) is 11.0. The van der Waals surface area contributed by atoms with Crippen LogP contribution in [0.3, 0.4) is 0 Å². The van der Waals surface area contributed by atoms with Gasteiger partial charge in [-0.2, -0.15) is 0 Å². The van der Waals surface area contributed by atoms with Crippen molar-refractivity contribution >= 4 is 52.1 Å². The summed E-state index contributed by atoms with van der Waals surface area (Å²) in [5, 5.41) is 9.16. The molecule has 2 aromatic carbocycles. The molecular formula is C16H15Cl2N3O2. The highest BCUT2D eigenvalue weighted by molar-refractivity contribution is 6.39. The molecule has 23 heavy (non-hydrogen) atoms. The van der Waals surface area contributed by atoms with Crippen LogP contribution >= 0.6 is 23.2 Å². The molecule has 0 fully saturated rings. The van der Waals surface area contributed by atoms with Crippen LogP contribution in [0, 0.1) is 0 Å². The van der Waals surface area contributed by atoms with Crippen molar-refractivity contribution in [3.63, 3.8) is 0 Å². The lowest BCUT2D eigenvalue weighted by molar-refractivity contribution is -0.115. The number of benzene rings is 2. The number of para-hydroxylation sites is 1. The Labute approximate surface area is 144 Å². The summed E-state index contributed by atoms with van der Waals surface area (Å²) in [5.74, 6) is -0.440. The molecule has 0 saturated heterocycles. The van der Waals surface area contributed by atoms with Crippen molar-refractivity contribution in [2.75, 3.05) is 22.5 Å². The maximum Gasteiger partial charge on any atom is 0.243 e. The van der Waals surface area contributed by atoms with E-state index in [-0.39, 0.29) is 18.4 Å². The molecule has 5 nitrogen and oxygen atoms in total. The minimum atomic E-state index is -0.263. The maximum absolute atomic E-state index is 12.0. The van der Waals surface area contributed by atoms with E-state index in [0.717, 1.165) is 0 Å².